The fraction of sp³-hybridized carbons (Fsp3) is 0.214. The quantitative estimate of drug-likeness (QED) is 0.412. The molecule has 0 saturated heterocycles. The molecule has 0 atom stereocenters. The van der Waals surface area contributed by atoms with E-state index in [1.165, 1.54) is 4.90 Å². The number of benzene rings is 2. The number of hydrogen-bond acceptors (Lipinski definition) is 4. The molecular formula is C28H24N4O2. The van der Waals surface area contributed by atoms with E-state index in [9.17, 15) is 14.9 Å². The number of nitrogens with zero attached hydrogens (tertiary/aromatic N) is 4. The van der Waals surface area contributed by atoms with Gasteiger partial charge in [0.15, 0.2) is 0 Å². The highest BCUT2D eigenvalue weighted by Gasteiger charge is 2.40. The Hall–Kier alpha value is -4.24. The van der Waals surface area contributed by atoms with Crippen molar-refractivity contribution in [3.05, 3.63) is 89.1 Å². The second kappa shape index (κ2) is 8.95. The van der Waals surface area contributed by atoms with Crippen molar-refractivity contribution >= 4 is 17.9 Å². The van der Waals surface area contributed by atoms with E-state index >= 15 is 0 Å². The van der Waals surface area contributed by atoms with Crippen LogP contribution in [0.4, 0.5) is 0 Å². The Morgan fingerprint density at radius 3 is 2.26 bits per heavy atom. The van der Waals surface area contributed by atoms with E-state index in [1.807, 2.05) is 72.9 Å². The van der Waals surface area contributed by atoms with Gasteiger partial charge in [0.05, 0.1) is 11.4 Å². The largest absolute Gasteiger partial charge is 0.271 e. The molecular weight excluding hydrogens is 424 g/mol. The third kappa shape index (κ3) is 3.75. The van der Waals surface area contributed by atoms with Gasteiger partial charge in [0, 0.05) is 28.9 Å². The molecule has 1 saturated carbocycles. The first-order valence-corrected chi connectivity index (χ1v) is 11.5. The Balaban J connectivity index is 1.67. The summed E-state index contributed by atoms with van der Waals surface area (Å²) in [6, 6.07) is 21.4. The van der Waals surface area contributed by atoms with Crippen LogP contribution >= 0.6 is 0 Å². The summed E-state index contributed by atoms with van der Waals surface area (Å²) < 4.78 is 1.78. The van der Waals surface area contributed by atoms with Crippen molar-refractivity contribution < 1.29 is 9.59 Å². The number of carbonyl (C=O) groups is 2. The number of amides is 2. The molecule has 1 fully saturated rings. The highest BCUT2D eigenvalue weighted by atomic mass is 16.2. The van der Waals surface area contributed by atoms with E-state index in [-0.39, 0.29) is 17.5 Å². The van der Waals surface area contributed by atoms with Gasteiger partial charge in [-0.15, -0.1) is 0 Å². The lowest BCUT2D eigenvalue weighted by Gasteiger charge is -2.32. The Labute approximate surface area is 198 Å². The van der Waals surface area contributed by atoms with Crippen LogP contribution in [0.5, 0.6) is 0 Å². The van der Waals surface area contributed by atoms with Gasteiger partial charge in [-0.1, -0.05) is 61.4 Å². The normalized spacial score (nSPS) is 18.1. The van der Waals surface area contributed by atoms with Crippen LogP contribution in [0, 0.1) is 11.3 Å². The molecule has 2 heterocycles. The molecule has 168 valence electrons. The lowest BCUT2D eigenvalue weighted by atomic mass is 9.92. The monoisotopic (exact) mass is 448 g/mol. The lowest BCUT2D eigenvalue weighted by molar-refractivity contribution is -0.143. The second-order valence-electron chi connectivity index (χ2n) is 8.67. The summed E-state index contributed by atoms with van der Waals surface area (Å²) in [5, 5.41) is 14.6. The van der Waals surface area contributed by atoms with E-state index in [1.54, 1.807) is 17.7 Å². The van der Waals surface area contributed by atoms with Crippen molar-refractivity contribution in [2.24, 2.45) is 0 Å². The molecule has 5 rings (SSSR count). The molecule has 2 aromatic carbocycles. The number of para-hydroxylation sites is 1. The van der Waals surface area contributed by atoms with Crippen molar-refractivity contribution in [3.8, 4) is 23.0 Å². The average Bonchev–Trinajstić information content (AvgIpc) is 3.54. The number of aromatic nitrogens is 2. The Morgan fingerprint density at radius 2 is 1.62 bits per heavy atom. The standard InChI is InChI=1S/C28H24N4O2/c1-19-24(27(33)32(23-14-8-9-15-23)28(34)25(19)17-29)16-21-18-31(22-12-6-3-7-13-22)30-26(21)20-10-4-2-5-11-20/h2-7,10-13,16,18,23H,8-9,14-15H2,1H3. The number of rotatable bonds is 4. The number of nitriles is 1. The molecule has 6 heteroatoms. The van der Waals surface area contributed by atoms with Crippen LogP contribution in [0.2, 0.25) is 0 Å². The summed E-state index contributed by atoms with van der Waals surface area (Å²) in [6.07, 6.45) is 7.18. The van der Waals surface area contributed by atoms with E-state index in [0.29, 0.717) is 11.1 Å². The van der Waals surface area contributed by atoms with Crippen molar-refractivity contribution in [2.75, 3.05) is 0 Å². The van der Waals surface area contributed by atoms with Crippen LogP contribution in [0.25, 0.3) is 23.0 Å². The molecule has 3 aromatic rings. The summed E-state index contributed by atoms with van der Waals surface area (Å²) in [6.45, 7) is 1.68. The minimum absolute atomic E-state index is 0.0365. The molecule has 2 aliphatic rings. The third-order valence-corrected chi connectivity index (χ3v) is 6.57. The first kappa shape index (κ1) is 21.6. The number of hydrogen-bond donors (Lipinski definition) is 0. The van der Waals surface area contributed by atoms with Gasteiger partial charge in [0.2, 0.25) is 0 Å². The van der Waals surface area contributed by atoms with Crippen molar-refractivity contribution in [3.63, 3.8) is 0 Å². The lowest BCUT2D eigenvalue weighted by Crippen LogP contribution is -2.47. The van der Waals surface area contributed by atoms with Gasteiger partial charge >= 0.3 is 0 Å². The number of carbonyl (C=O) groups excluding carboxylic acids is 2. The summed E-state index contributed by atoms with van der Waals surface area (Å²) in [5.74, 6) is -0.808. The van der Waals surface area contributed by atoms with E-state index in [4.69, 9.17) is 5.10 Å². The predicted octanol–water partition coefficient (Wildman–Crippen LogP) is 5.07. The predicted molar refractivity (Wildman–Crippen MR) is 129 cm³/mol. The first-order valence-electron chi connectivity index (χ1n) is 11.5. The highest BCUT2D eigenvalue weighted by Crippen LogP contribution is 2.34. The molecule has 0 unspecified atom stereocenters. The zero-order chi connectivity index (χ0) is 23.7. The van der Waals surface area contributed by atoms with E-state index in [0.717, 1.165) is 48.2 Å². The summed E-state index contributed by atoms with van der Waals surface area (Å²) in [4.78, 5) is 27.9. The average molecular weight is 449 g/mol. The maximum Gasteiger partial charge on any atom is 0.271 e. The maximum atomic E-state index is 13.6. The van der Waals surface area contributed by atoms with Crippen molar-refractivity contribution in [1.82, 2.24) is 14.7 Å². The molecule has 2 amide bonds. The third-order valence-electron chi connectivity index (χ3n) is 6.57. The van der Waals surface area contributed by atoms with Gasteiger partial charge in [0.1, 0.15) is 11.6 Å². The van der Waals surface area contributed by atoms with Gasteiger partial charge in [-0.25, -0.2) is 4.68 Å². The van der Waals surface area contributed by atoms with Gasteiger partial charge in [-0.05, 0) is 43.5 Å². The Bertz CT molecular complexity index is 1350. The first-order chi connectivity index (χ1) is 16.6. The van der Waals surface area contributed by atoms with Crippen molar-refractivity contribution in [2.45, 2.75) is 38.6 Å². The van der Waals surface area contributed by atoms with E-state index in [2.05, 4.69) is 0 Å². The molecule has 1 aliphatic heterocycles. The fourth-order valence-electron chi connectivity index (χ4n) is 4.78. The fourth-order valence-corrected chi connectivity index (χ4v) is 4.78. The number of imide groups is 1. The van der Waals surface area contributed by atoms with E-state index < -0.39 is 5.91 Å². The molecule has 0 bridgehead atoms. The van der Waals surface area contributed by atoms with Crippen molar-refractivity contribution in [1.29, 1.82) is 5.26 Å². The molecule has 0 radical (unpaired) electrons. The molecule has 0 spiro atoms. The smallest absolute Gasteiger partial charge is 0.271 e. The van der Waals surface area contributed by atoms with Crippen LogP contribution in [0.1, 0.15) is 38.2 Å². The minimum atomic E-state index is -0.475. The van der Waals surface area contributed by atoms with Gasteiger partial charge in [0.25, 0.3) is 11.8 Å². The highest BCUT2D eigenvalue weighted by molar-refractivity contribution is 6.20. The van der Waals surface area contributed by atoms with Crippen LogP contribution < -0.4 is 0 Å². The molecule has 34 heavy (non-hydrogen) atoms. The van der Waals surface area contributed by atoms with Gasteiger partial charge in [-0.2, -0.15) is 10.4 Å². The summed E-state index contributed by atoms with van der Waals surface area (Å²) in [7, 11) is 0. The Kier molecular flexibility index (Phi) is 5.69. The minimum Gasteiger partial charge on any atom is -0.271 e. The molecule has 0 N–H and O–H groups in total. The summed E-state index contributed by atoms with van der Waals surface area (Å²) >= 11 is 0. The zero-order valence-electron chi connectivity index (χ0n) is 18.9. The molecule has 1 aliphatic carbocycles. The van der Waals surface area contributed by atoms with Gasteiger partial charge < -0.3 is 0 Å². The Morgan fingerprint density at radius 1 is 0.971 bits per heavy atom. The SMILES string of the molecule is CC1=C(C#N)C(=O)N(C2CCCC2)C(=O)C1=Cc1cn(-c2ccccc2)nc1-c1ccccc1. The van der Waals surface area contributed by atoms with Gasteiger partial charge in [-0.3, -0.25) is 14.5 Å². The maximum absolute atomic E-state index is 13.6. The second-order valence-corrected chi connectivity index (χ2v) is 8.67. The van der Waals surface area contributed by atoms with Crippen LogP contribution in [-0.2, 0) is 9.59 Å². The van der Waals surface area contributed by atoms with Crippen LogP contribution in [0.15, 0.2) is 83.6 Å². The summed E-state index contributed by atoms with van der Waals surface area (Å²) in [5.41, 5.74) is 4.10. The molecule has 6 nitrogen and oxygen atoms in total. The van der Waals surface area contributed by atoms with Crippen LogP contribution in [-0.4, -0.2) is 32.5 Å². The topological polar surface area (TPSA) is 79.0 Å². The van der Waals surface area contributed by atoms with Crippen LogP contribution in [0.3, 0.4) is 0 Å². The molecule has 1 aromatic heterocycles. The zero-order valence-corrected chi connectivity index (χ0v) is 18.9.